The van der Waals surface area contributed by atoms with E-state index in [-0.39, 0.29) is 0 Å². The summed E-state index contributed by atoms with van der Waals surface area (Å²) in [5, 5.41) is 0.819. The summed E-state index contributed by atoms with van der Waals surface area (Å²) in [6, 6.07) is 0. The molecule has 3 heteroatoms. The van der Waals surface area contributed by atoms with Crippen LogP contribution in [0.1, 0.15) is 6.92 Å². The molecule has 1 radical (unpaired) electrons. The third kappa shape index (κ3) is 1.72. The van der Waals surface area contributed by atoms with Crippen LogP contribution in [-0.2, 0) is 4.79 Å². The molecule has 0 rings (SSSR count). The Hall–Kier alpha value is -0.570. The molecule has 0 atom stereocenters. The maximum atomic E-state index is 9.47. The van der Waals surface area contributed by atoms with Gasteiger partial charge in [0, 0.05) is 6.54 Å². The van der Waals surface area contributed by atoms with Crippen molar-refractivity contribution in [1.29, 1.82) is 0 Å². The van der Waals surface area contributed by atoms with E-state index in [9.17, 15) is 4.79 Å². The second-order valence-electron chi connectivity index (χ2n) is 0.891. The van der Waals surface area contributed by atoms with Gasteiger partial charge < -0.3 is 0 Å². The molecular weight excluding hydrogens is 80.0 g/mol. The van der Waals surface area contributed by atoms with Crippen LogP contribution in [0, 0.1) is 0 Å². The highest BCUT2D eigenvalue weighted by Gasteiger charge is 1.81. The van der Waals surface area contributed by atoms with Gasteiger partial charge in [0.1, 0.15) is 0 Å². The van der Waals surface area contributed by atoms with Crippen LogP contribution in [0.25, 0.3) is 0 Å². The van der Waals surface area contributed by atoms with Crippen molar-refractivity contribution in [1.82, 2.24) is 10.9 Å². The summed E-state index contributed by atoms with van der Waals surface area (Å²) in [7, 11) is 0. The minimum absolute atomic E-state index is 0.462. The SMILES string of the molecule is CCN([NH])C=O. The van der Waals surface area contributed by atoms with Crippen LogP contribution in [0.4, 0.5) is 0 Å². The molecule has 0 aliphatic heterocycles. The van der Waals surface area contributed by atoms with Crippen molar-refractivity contribution in [2.75, 3.05) is 6.54 Å². The van der Waals surface area contributed by atoms with Crippen molar-refractivity contribution in [2.24, 2.45) is 0 Å². The quantitative estimate of drug-likeness (QED) is 0.335. The van der Waals surface area contributed by atoms with E-state index in [0.29, 0.717) is 13.0 Å². The molecule has 0 saturated carbocycles. The van der Waals surface area contributed by atoms with Crippen LogP contribution in [0.3, 0.4) is 0 Å². The average Bonchev–Trinajstić information content (AvgIpc) is 1.65. The topological polar surface area (TPSA) is 44.1 Å². The molecule has 3 nitrogen and oxygen atoms in total. The molecular formula is C3H7N2O. The Labute approximate surface area is 36.7 Å². The first-order valence-electron chi connectivity index (χ1n) is 1.74. The summed E-state index contributed by atoms with van der Waals surface area (Å²) >= 11 is 0. The molecule has 0 aromatic heterocycles. The summed E-state index contributed by atoms with van der Waals surface area (Å²) < 4.78 is 0. The smallest absolute Gasteiger partial charge is 0.224 e. The van der Waals surface area contributed by atoms with Gasteiger partial charge >= 0.3 is 0 Å². The van der Waals surface area contributed by atoms with Crippen LogP contribution in [-0.4, -0.2) is 18.0 Å². The minimum atomic E-state index is 0.462. The number of hydrogen-bond acceptors (Lipinski definition) is 1. The fourth-order valence-corrected chi connectivity index (χ4v) is 0.0745. The van der Waals surface area contributed by atoms with Gasteiger partial charge in [0.25, 0.3) is 0 Å². The van der Waals surface area contributed by atoms with Crippen molar-refractivity contribution in [3.63, 3.8) is 0 Å². The molecule has 0 spiro atoms. The molecule has 6 heavy (non-hydrogen) atoms. The standard InChI is InChI=1S/C3H7N2O/c1-2-5(4)3-6/h3-4H,2H2,1H3. The first-order valence-corrected chi connectivity index (χ1v) is 1.74. The number of nitrogens with one attached hydrogen (secondary N) is 1. The van der Waals surface area contributed by atoms with E-state index < -0.39 is 0 Å². The number of carbonyl (C=O) groups is 1. The molecule has 0 unspecified atom stereocenters. The van der Waals surface area contributed by atoms with Crippen molar-refractivity contribution < 1.29 is 4.79 Å². The maximum absolute atomic E-state index is 9.47. The summed E-state index contributed by atoms with van der Waals surface area (Å²) in [5.74, 6) is 6.53. The third-order valence-corrected chi connectivity index (χ3v) is 0.468. The fraction of sp³-hybridized carbons (Fsp3) is 0.667. The lowest BCUT2D eigenvalue weighted by molar-refractivity contribution is -0.118. The molecule has 0 fully saturated rings. The van der Waals surface area contributed by atoms with Crippen LogP contribution >= 0.6 is 0 Å². The molecule has 0 saturated heterocycles. The lowest BCUT2D eigenvalue weighted by Gasteiger charge is -1.99. The normalized spacial score (nSPS) is 7.67. The van der Waals surface area contributed by atoms with Gasteiger partial charge in [-0.1, -0.05) is 0 Å². The van der Waals surface area contributed by atoms with Gasteiger partial charge in [0.15, 0.2) is 0 Å². The molecule has 1 amide bonds. The van der Waals surface area contributed by atoms with Crippen LogP contribution < -0.4 is 5.84 Å². The van der Waals surface area contributed by atoms with E-state index in [1.54, 1.807) is 6.92 Å². The van der Waals surface area contributed by atoms with Gasteiger partial charge in [0.2, 0.25) is 6.41 Å². The van der Waals surface area contributed by atoms with Crippen LogP contribution in [0.5, 0.6) is 0 Å². The molecule has 0 bridgehead atoms. The average molecular weight is 87.1 g/mol. The number of carbonyl (C=O) groups excluding carboxylic acids is 1. The Kier molecular flexibility index (Phi) is 2.40. The lowest BCUT2D eigenvalue weighted by atomic mass is 10.7. The third-order valence-electron chi connectivity index (χ3n) is 0.468. The van der Waals surface area contributed by atoms with Gasteiger partial charge in [-0.3, -0.25) is 9.80 Å². The largest absolute Gasteiger partial charge is 0.277 e. The Bertz CT molecular complexity index is 46.1. The zero-order chi connectivity index (χ0) is 4.99. The van der Waals surface area contributed by atoms with Crippen LogP contribution in [0.15, 0.2) is 0 Å². The molecule has 0 aromatic rings. The molecule has 1 N–H and O–H groups in total. The Balaban J connectivity index is 2.96. The second-order valence-corrected chi connectivity index (χ2v) is 0.891. The predicted octanol–water partition coefficient (Wildman–Crippen LogP) is -0.337. The van der Waals surface area contributed by atoms with E-state index in [1.165, 1.54) is 0 Å². The van der Waals surface area contributed by atoms with Crippen molar-refractivity contribution >= 4 is 6.41 Å². The van der Waals surface area contributed by atoms with Gasteiger partial charge in [-0.15, -0.1) is 5.84 Å². The molecule has 35 valence electrons. The number of amides is 1. The second kappa shape index (κ2) is 2.66. The van der Waals surface area contributed by atoms with E-state index in [0.717, 1.165) is 5.01 Å². The lowest BCUT2D eigenvalue weighted by Crippen LogP contribution is -2.17. The van der Waals surface area contributed by atoms with E-state index in [1.807, 2.05) is 0 Å². The van der Waals surface area contributed by atoms with Crippen molar-refractivity contribution in [3.05, 3.63) is 0 Å². The molecule has 0 aliphatic carbocycles. The first-order chi connectivity index (χ1) is 2.81. The van der Waals surface area contributed by atoms with E-state index in [4.69, 9.17) is 5.84 Å². The summed E-state index contributed by atoms with van der Waals surface area (Å²) in [4.78, 5) is 9.47. The molecule has 0 heterocycles. The molecule has 0 aliphatic rings. The highest BCUT2D eigenvalue weighted by atomic mass is 16.1. The zero-order valence-corrected chi connectivity index (χ0v) is 3.64. The Morgan fingerprint density at radius 2 is 2.50 bits per heavy atom. The van der Waals surface area contributed by atoms with E-state index in [2.05, 4.69) is 0 Å². The Morgan fingerprint density at radius 3 is 2.50 bits per heavy atom. The van der Waals surface area contributed by atoms with Gasteiger partial charge in [-0.2, -0.15) is 0 Å². The highest BCUT2D eigenvalue weighted by molar-refractivity contribution is 5.45. The monoisotopic (exact) mass is 87.1 g/mol. The predicted molar refractivity (Wildman–Crippen MR) is 21.5 cm³/mol. The summed E-state index contributed by atoms with van der Waals surface area (Å²) in [6.45, 7) is 2.20. The van der Waals surface area contributed by atoms with Gasteiger partial charge in [-0.05, 0) is 6.92 Å². The number of nitrogens with zero attached hydrogens (tertiary/aromatic N) is 1. The highest BCUT2D eigenvalue weighted by Crippen LogP contribution is 1.63. The fourth-order valence-electron chi connectivity index (χ4n) is 0.0745. The van der Waals surface area contributed by atoms with Gasteiger partial charge in [-0.25, -0.2) is 0 Å². The minimum Gasteiger partial charge on any atom is -0.277 e. The number of hydrogen-bond donors (Lipinski definition) is 0. The number of rotatable bonds is 2. The Morgan fingerprint density at radius 1 is 2.00 bits per heavy atom. The molecule has 0 aromatic carbocycles. The summed E-state index contributed by atoms with van der Waals surface area (Å²) in [5.41, 5.74) is 0. The summed E-state index contributed by atoms with van der Waals surface area (Å²) in [6.07, 6.45) is 0.472. The zero-order valence-electron chi connectivity index (χ0n) is 3.64. The van der Waals surface area contributed by atoms with Gasteiger partial charge in [0.05, 0.1) is 0 Å². The maximum Gasteiger partial charge on any atom is 0.224 e. The van der Waals surface area contributed by atoms with Crippen molar-refractivity contribution in [3.8, 4) is 0 Å². The van der Waals surface area contributed by atoms with Crippen molar-refractivity contribution in [2.45, 2.75) is 6.92 Å². The van der Waals surface area contributed by atoms with Crippen LogP contribution in [0.2, 0.25) is 0 Å². The first kappa shape index (κ1) is 5.43. The van der Waals surface area contributed by atoms with E-state index >= 15 is 0 Å².